The molecular formula is C17H30Cl2N2O2. The van der Waals surface area contributed by atoms with E-state index >= 15 is 0 Å². The summed E-state index contributed by atoms with van der Waals surface area (Å²) in [6.07, 6.45) is 0. The molecule has 1 fully saturated rings. The predicted octanol–water partition coefficient (Wildman–Crippen LogP) is 3.63. The summed E-state index contributed by atoms with van der Waals surface area (Å²) in [5.41, 5.74) is 1.01. The van der Waals surface area contributed by atoms with Crippen molar-refractivity contribution in [1.29, 1.82) is 0 Å². The van der Waals surface area contributed by atoms with Crippen molar-refractivity contribution in [2.24, 2.45) is 5.41 Å². The van der Waals surface area contributed by atoms with Gasteiger partial charge in [0.2, 0.25) is 0 Å². The van der Waals surface area contributed by atoms with Gasteiger partial charge >= 0.3 is 0 Å². The van der Waals surface area contributed by atoms with Gasteiger partial charge in [0.05, 0.1) is 6.61 Å². The number of nitrogens with zero attached hydrogens (tertiary/aromatic N) is 1. The Morgan fingerprint density at radius 3 is 2.35 bits per heavy atom. The Labute approximate surface area is 152 Å². The van der Waals surface area contributed by atoms with Crippen molar-refractivity contribution in [3.63, 3.8) is 0 Å². The minimum atomic E-state index is 0. The van der Waals surface area contributed by atoms with Crippen molar-refractivity contribution in [2.45, 2.75) is 33.7 Å². The van der Waals surface area contributed by atoms with Gasteiger partial charge in [-0.15, -0.1) is 24.8 Å². The molecule has 1 aromatic rings. The van der Waals surface area contributed by atoms with Gasteiger partial charge in [0, 0.05) is 37.8 Å². The first-order chi connectivity index (χ1) is 9.95. The molecule has 0 aliphatic carbocycles. The molecule has 23 heavy (non-hydrogen) atoms. The van der Waals surface area contributed by atoms with Crippen LogP contribution in [-0.2, 0) is 0 Å². The van der Waals surface area contributed by atoms with Crippen molar-refractivity contribution in [2.75, 3.05) is 32.8 Å². The molecule has 2 N–H and O–H groups in total. The highest BCUT2D eigenvalue weighted by molar-refractivity contribution is 5.85. The highest BCUT2D eigenvalue weighted by Gasteiger charge is 2.34. The van der Waals surface area contributed by atoms with Crippen LogP contribution in [-0.4, -0.2) is 42.8 Å². The fourth-order valence-electron chi connectivity index (χ4n) is 3.18. The summed E-state index contributed by atoms with van der Waals surface area (Å²) < 4.78 is 5.55. The number of para-hydroxylation sites is 1. The van der Waals surface area contributed by atoms with Crippen LogP contribution in [0.4, 0.5) is 0 Å². The molecule has 2 rings (SSSR count). The lowest BCUT2D eigenvalue weighted by atomic mass is 9.80. The Morgan fingerprint density at radius 1 is 1.22 bits per heavy atom. The van der Waals surface area contributed by atoms with Gasteiger partial charge in [0.15, 0.2) is 11.5 Å². The molecule has 0 amide bonds. The largest absolute Gasteiger partial charge is 0.504 e. The van der Waals surface area contributed by atoms with Gasteiger partial charge in [-0.3, -0.25) is 4.90 Å². The minimum absolute atomic E-state index is 0. The smallest absolute Gasteiger partial charge is 0.162 e. The Hall–Kier alpha value is -0.680. The number of piperazine rings is 1. The topological polar surface area (TPSA) is 44.7 Å². The zero-order valence-electron chi connectivity index (χ0n) is 14.5. The summed E-state index contributed by atoms with van der Waals surface area (Å²) in [5.74, 6) is 0.872. The number of benzene rings is 1. The van der Waals surface area contributed by atoms with E-state index < -0.39 is 0 Å². The Bertz CT molecular complexity index is 472. The molecule has 0 spiro atoms. The van der Waals surface area contributed by atoms with Gasteiger partial charge in [0.25, 0.3) is 0 Å². The van der Waals surface area contributed by atoms with Crippen LogP contribution >= 0.6 is 24.8 Å². The molecule has 1 aliphatic heterocycles. The van der Waals surface area contributed by atoms with Crippen molar-refractivity contribution in [3.8, 4) is 11.5 Å². The third kappa shape index (κ3) is 5.42. The van der Waals surface area contributed by atoms with Crippen LogP contribution in [0.5, 0.6) is 11.5 Å². The second-order valence-electron chi connectivity index (χ2n) is 6.68. The average Bonchev–Trinajstić information content (AvgIpc) is 2.43. The first kappa shape index (κ1) is 22.3. The van der Waals surface area contributed by atoms with Crippen LogP contribution < -0.4 is 10.1 Å². The normalized spacial score (nSPS) is 16.9. The van der Waals surface area contributed by atoms with Crippen molar-refractivity contribution in [1.82, 2.24) is 10.2 Å². The van der Waals surface area contributed by atoms with Gasteiger partial charge in [-0.2, -0.15) is 0 Å². The second kappa shape index (κ2) is 9.58. The molecular weight excluding hydrogens is 335 g/mol. The summed E-state index contributed by atoms with van der Waals surface area (Å²) in [6.45, 7) is 13.2. The van der Waals surface area contributed by atoms with E-state index in [2.05, 4.69) is 31.0 Å². The Balaban J connectivity index is 0.00000242. The van der Waals surface area contributed by atoms with Crippen molar-refractivity contribution < 1.29 is 9.84 Å². The zero-order chi connectivity index (χ0) is 15.5. The molecule has 1 heterocycles. The van der Waals surface area contributed by atoms with Crippen molar-refractivity contribution >= 4 is 24.8 Å². The van der Waals surface area contributed by atoms with Gasteiger partial charge < -0.3 is 15.2 Å². The van der Waals surface area contributed by atoms with E-state index in [-0.39, 0.29) is 42.0 Å². The lowest BCUT2D eigenvalue weighted by Gasteiger charge is -2.42. The zero-order valence-corrected chi connectivity index (χ0v) is 16.1. The highest BCUT2D eigenvalue weighted by Crippen LogP contribution is 2.44. The lowest BCUT2D eigenvalue weighted by Crippen LogP contribution is -2.48. The summed E-state index contributed by atoms with van der Waals surface area (Å²) in [7, 11) is 0. The summed E-state index contributed by atoms with van der Waals surface area (Å²) in [4.78, 5) is 2.46. The number of aromatic hydroxyl groups is 1. The van der Waals surface area contributed by atoms with Crippen LogP contribution in [0, 0.1) is 5.41 Å². The van der Waals surface area contributed by atoms with Crippen molar-refractivity contribution in [3.05, 3.63) is 23.8 Å². The molecule has 6 heteroatoms. The van der Waals surface area contributed by atoms with E-state index in [0.717, 1.165) is 31.7 Å². The van der Waals surface area contributed by atoms with E-state index in [1.54, 1.807) is 0 Å². The molecule has 1 atom stereocenters. The maximum absolute atomic E-state index is 10.6. The molecule has 1 aromatic carbocycles. The predicted molar refractivity (Wildman–Crippen MR) is 100 cm³/mol. The van der Waals surface area contributed by atoms with Gasteiger partial charge in [0.1, 0.15) is 0 Å². The first-order valence-electron chi connectivity index (χ1n) is 7.84. The minimum Gasteiger partial charge on any atom is -0.504 e. The number of rotatable bonds is 4. The quantitative estimate of drug-likeness (QED) is 0.855. The Morgan fingerprint density at radius 2 is 1.83 bits per heavy atom. The van der Waals surface area contributed by atoms with Gasteiger partial charge in [-0.25, -0.2) is 0 Å². The molecule has 0 aromatic heterocycles. The van der Waals surface area contributed by atoms with Crippen LogP contribution in [0.15, 0.2) is 18.2 Å². The van der Waals surface area contributed by atoms with E-state index in [0.29, 0.717) is 12.4 Å². The second-order valence-corrected chi connectivity index (χ2v) is 6.68. The van der Waals surface area contributed by atoms with E-state index in [1.807, 2.05) is 25.1 Å². The van der Waals surface area contributed by atoms with Crippen LogP contribution in [0.25, 0.3) is 0 Å². The molecule has 0 bridgehead atoms. The summed E-state index contributed by atoms with van der Waals surface area (Å²) in [6, 6.07) is 6.01. The SMILES string of the molecule is CCOc1cccc([C@H](N2CCNCC2)C(C)(C)C)c1O.Cl.Cl. The molecule has 1 saturated heterocycles. The molecule has 0 radical (unpaired) electrons. The molecule has 1 aliphatic rings. The molecule has 134 valence electrons. The summed E-state index contributed by atoms with van der Waals surface area (Å²) in [5, 5.41) is 14.0. The molecule has 0 unspecified atom stereocenters. The number of phenols is 1. The van der Waals surface area contributed by atoms with Crippen LogP contribution in [0.1, 0.15) is 39.3 Å². The van der Waals surface area contributed by atoms with E-state index in [4.69, 9.17) is 4.74 Å². The maximum Gasteiger partial charge on any atom is 0.162 e. The lowest BCUT2D eigenvalue weighted by molar-refractivity contribution is 0.0838. The molecule has 4 nitrogen and oxygen atoms in total. The number of ether oxygens (including phenoxy) is 1. The van der Waals surface area contributed by atoms with Gasteiger partial charge in [-0.05, 0) is 18.4 Å². The number of phenolic OH excluding ortho intramolecular Hbond substituents is 1. The maximum atomic E-state index is 10.6. The number of halogens is 2. The van der Waals surface area contributed by atoms with Gasteiger partial charge in [-0.1, -0.05) is 32.9 Å². The van der Waals surface area contributed by atoms with Crippen LogP contribution in [0.2, 0.25) is 0 Å². The third-order valence-corrected chi connectivity index (χ3v) is 3.96. The summed E-state index contributed by atoms with van der Waals surface area (Å²) >= 11 is 0. The molecule has 0 saturated carbocycles. The average molecular weight is 365 g/mol. The third-order valence-electron chi connectivity index (χ3n) is 3.96. The fraction of sp³-hybridized carbons (Fsp3) is 0.647. The number of nitrogens with one attached hydrogen (secondary N) is 1. The van der Waals surface area contributed by atoms with E-state index in [1.165, 1.54) is 0 Å². The number of hydrogen-bond acceptors (Lipinski definition) is 4. The van der Waals surface area contributed by atoms with Crippen LogP contribution in [0.3, 0.4) is 0 Å². The first-order valence-corrected chi connectivity index (χ1v) is 7.84. The monoisotopic (exact) mass is 364 g/mol. The fourth-order valence-corrected chi connectivity index (χ4v) is 3.18. The highest BCUT2D eigenvalue weighted by atomic mass is 35.5. The Kier molecular flexibility index (Phi) is 9.29. The standard InChI is InChI=1S/C17H28N2O2.2ClH/c1-5-21-14-8-6-7-13(15(14)20)16(17(2,3)4)19-11-9-18-10-12-19;;/h6-8,16,18,20H,5,9-12H2,1-4H3;2*1H/t16-;;/m0../s1. The van der Waals surface area contributed by atoms with E-state index in [9.17, 15) is 5.11 Å². The number of hydrogen-bond donors (Lipinski definition) is 2.